The number of carbonyl (C=O) groups is 1. The van der Waals surface area contributed by atoms with Crippen molar-refractivity contribution in [1.82, 2.24) is 25.4 Å². The molecule has 2 N–H and O–H groups in total. The highest BCUT2D eigenvalue weighted by molar-refractivity contribution is 7.14. The average molecular weight is 598 g/mol. The fourth-order valence-corrected chi connectivity index (χ4v) is 6.91. The van der Waals surface area contributed by atoms with Gasteiger partial charge in [0.25, 0.3) is 11.5 Å². The Hall–Kier alpha value is -3.82. The van der Waals surface area contributed by atoms with Gasteiger partial charge < -0.3 is 19.9 Å². The highest BCUT2D eigenvalue weighted by Crippen LogP contribution is 2.32. The molecule has 1 amide bonds. The minimum Gasteiger partial charge on any atom is -0.457 e. The molecule has 1 aliphatic carbocycles. The van der Waals surface area contributed by atoms with Gasteiger partial charge in [-0.25, -0.2) is 0 Å². The molecule has 0 radical (unpaired) electrons. The third-order valence-electron chi connectivity index (χ3n) is 8.58. The summed E-state index contributed by atoms with van der Waals surface area (Å²) in [6.45, 7) is 6.30. The number of benzene rings is 2. The van der Waals surface area contributed by atoms with Crippen LogP contribution in [0.4, 0.5) is 0 Å². The lowest BCUT2D eigenvalue weighted by molar-refractivity contribution is 0.0892. The number of hydrogen-bond acceptors (Lipinski definition) is 7. The van der Waals surface area contributed by atoms with Gasteiger partial charge in [-0.1, -0.05) is 50.2 Å². The Morgan fingerprint density at radius 1 is 1.02 bits per heavy atom. The van der Waals surface area contributed by atoms with E-state index in [-0.39, 0.29) is 17.5 Å². The van der Waals surface area contributed by atoms with Crippen LogP contribution in [-0.4, -0.2) is 51.2 Å². The molecule has 0 unspecified atom stereocenters. The third-order valence-corrected chi connectivity index (χ3v) is 9.85. The quantitative estimate of drug-likeness (QED) is 0.227. The van der Waals surface area contributed by atoms with E-state index >= 15 is 0 Å². The minimum atomic E-state index is -0.138. The molecule has 3 heterocycles. The lowest BCUT2D eigenvalue weighted by atomic mass is 10.0. The monoisotopic (exact) mass is 597 g/mol. The van der Waals surface area contributed by atoms with E-state index in [4.69, 9.17) is 4.74 Å². The molecule has 0 atom stereocenters. The summed E-state index contributed by atoms with van der Waals surface area (Å²) < 4.78 is 6.38. The van der Waals surface area contributed by atoms with Crippen molar-refractivity contribution in [1.29, 1.82) is 0 Å². The predicted molar refractivity (Wildman–Crippen MR) is 170 cm³/mol. The number of H-pyrrole nitrogens is 1. The average Bonchev–Trinajstić information content (AvgIpc) is 3.74. The molecule has 1 saturated heterocycles. The maximum Gasteiger partial charge on any atom is 0.251 e. The maximum atomic E-state index is 13.4. The van der Waals surface area contributed by atoms with E-state index in [1.807, 2.05) is 48.5 Å². The van der Waals surface area contributed by atoms with Crippen molar-refractivity contribution in [3.63, 3.8) is 0 Å². The predicted octanol–water partition coefficient (Wildman–Crippen LogP) is 6.54. The molecule has 2 fully saturated rings. The first-order chi connectivity index (χ1) is 20.9. The zero-order valence-electron chi connectivity index (χ0n) is 24.8. The second-order valence-electron chi connectivity index (χ2n) is 12.0. The van der Waals surface area contributed by atoms with Gasteiger partial charge in [-0.2, -0.15) is 0 Å². The van der Waals surface area contributed by atoms with Gasteiger partial charge in [0.15, 0.2) is 0 Å². The van der Waals surface area contributed by atoms with E-state index in [2.05, 4.69) is 39.2 Å². The molecule has 2 aromatic carbocycles. The molecule has 43 heavy (non-hydrogen) atoms. The molecule has 2 aromatic heterocycles. The van der Waals surface area contributed by atoms with Crippen molar-refractivity contribution in [2.75, 3.05) is 13.1 Å². The van der Waals surface area contributed by atoms with E-state index < -0.39 is 0 Å². The Labute approximate surface area is 256 Å². The van der Waals surface area contributed by atoms with Crippen molar-refractivity contribution < 1.29 is 9.53 Å². The maximum absolute atomic E-state index is 13.4. The number of rotatable bonds is 9. The number of aromatic nitrogens is 3. The summed E-state index contributed by atoms with van der Waals surface area (Å²) in [6.07, 6.45) is 9.25. The van der Waals surface area contributed by atoms with Crippen LogP contribution < -0.4 is 15.6 Å². The van der Waals surface area contributed by atoms with Gasteiger partial charge >= 0.3 is 0 Å². The lowest BCUT2D eigenvalue weighted by Gasteiger charge is -2.36. The summed E-state index contributed by atoms with van der Waals surface area (Å²) in [5, 5.41) is 13.8. The fourth-order valence-electron chi connectivity index (χ4n) is 6.06. The van der Waals surface area contributed by atoms with Gasteiger partial charge in [-0.15, -0.1) is 10.2 Å². The minimum absolute atomic E-state index is 0.0964. The Balaban J connectivity index is 1.19. The van der Waals surface area contributed by atoms with Crippen LogP contribution in [0.15, 0.2) is 65.6 Å². The van der Waals surface area contributed by atoms with Gasteiger partial charge in [0.1, 0.15) is 21.5 Å². The summed E-state index contributed by atoms with van der Waals surface area (Å²) in [5.74, 6) is 1.43. The van der Waals surface area contributed by atoms with Crippen LogP contribution in [0.1, 0.15) is 84.8 Å². The van der Waals surface area contributed by atoms with Gasteiger partial charge in [0.05, 0.1) is 0 Å². The molecule has 0 spiro atoms. The van der Waals surface area contributed by atoms with E-state index in [0.717, 1.165) is 53.1 Å². The second-order valence-corrected chi connectivity index (χ2v) is 13.0. The summed E-state index contributed by atoms with van der Waals surface area (Å²) in [7, 11) is 0. The van der Waals surface area contributed by atoms with Crippen LogP contribution in [0.5, 0.6) is 11.5 Å². The molecule has 0 bridgehead atoms. The number of likely N-dealkylation sites (tertiary alicyclic amines) is 1. The highest BCUT2D eigenvalue weighted by atomic mass is 32.1. The topological polar surface area (TPSA) is 100 Å². The molecule has 4 aromatic rings. The lowest BCUT2D eigenvalue weighted by Crippen LogP contribution is -2.47. The van der Waals surface area contributed by atoms with Gasteiger partial charge in [-0.05, 0) is 73.7 Å². The number of nitrogens with one attached hydrogen (secondary N) is 2. The number of aromatic amines is 1. The number of nitrogens with zero attached hydrogens (tertiary/aromatic N) is 3. The van der Waals surface area contributed by atoms with Crippen molar-refractivity contribution in [3.05, 3.63) is 92.8 Å². The van der Waals surface area contributed by atoms with E-state index in [1.54, 1.807) is 23.6 Å². The largest absolute Gasteiger partial charge is 0.457 e. The molecule has 2 aliphatic rings. The molecule has 224 valence electrons. The normalized spacial score (nSPS) is 16.5. The first kappa shape index (κ1) is 29.3. The van der Waals surface area contributed by atoms with Crippen molar-refractivity contribution in [3.8, 4) is 22.1 Å². The SMILES string of the molecule is CC(C)c1nnc(-c2ccc(Oc3cc(C(=O)NC4CCN(C5CCCC5)CC4)ccc3Cc3ccc[nH]c3=O)cc2)s1. The smallest absolute Gasteiger partial charge is 0.251 e. The van der Waals surface area contributed by atoms with E-state index in [9.17, 15) is 9.59 Å². The molecule has 6 rings (SSSR count). The number of carbonyl (C=O) groups excluding carboxylic acids is 1. The summed E-state index contributed by atoms with van der Waals surface area (Å²) >= 11 is 1.59. The molecule has 8 nitrogen and oxygen atoms in total. The Morgan fingerprint density at radius 3 is 2.49 bits per heavy atom. The first-order valence-corrected chi connectivity index (χ1v) is 16.2. The van der Waals surface area contributed by atoms with E-state index in [1.165, 1.54) is 25.7 Å². The van der Waals surface area contributed by atoms with Crippen LogP contribution in [0.3, 0.4) is 0 Å². The Bertz CT molecular complexity index is 1600. The Kier molecular flexibility index (Phi) is 9.00. The molecule has 1 aliphatic heterocycles. The van der Waals surface area contributed by atoms with Gasteiger partial charge in [0.2, 0.25) is 0 Å². The zero-order valence-corrected chi connectivity index (χ0v) is 25.7. The Morgan fingerprint density at radius 2 is 1.79 bits per heavy atom. The number of amides is 1. The highest BCUT2D eigenvalue weighted by Gasteiger charge is 2.28. The van der Waals surface area contributed by atoms with Crippen LogP contribution in [0, 0.1) is 0 Å². The number of ether oxygens (including phenoxy) is 1. The zero-order chi connectivity index (χ0) is 29.8. The summed E-state index contributed by atoms with van der Waals surface area (Å²) in [6, 6.07) is 17.8. The van der Waals surface area contributed by atoms with Crippen molar-refractivity contribution in [2.45, 2.75) is 76.8 Å². The van der Waals surface area contributed by atoms with Crippen molar-refractivity contribution in [2.24, 2.45) is 0 Å². The number of piperidine rings is 1. The van der Waals surface area contributed by atoms with Crippen LogP contribution in [0.25, 0.3) is 10.6 Å². The standard InChI is InChI=1S/C34H39N5O3S/c1-22(2)33-37-38-34(43-33)23-11-13-29(14-12-23)42-30-21-26(10-9-24(30)20-25-6-5-17-35-31(25)40)32(41)36-27-15-18-39(19-16-27)28-7-3-4-8-28/h5-6,9-14,17,21-22,27-28H,3-4,7-8,15-16,18-20H2,1-2H3,(H,35,40)(H,36,41). The van der Waals surface area contributed by atoms with Crippen LogP contribution in [0.2, 0.25) is 0 Å². The molecule has 9 heteroatoms. The van der Waals surface area contributed by atoms with Crippen LogP contribution >= 0.6 is 11.3 Å². The van der Waals surface area contributed by atoms with Crippen LogP contribution in [-0.2, 0) is 6.42 Å². The third kappa shape index (κ3) is 7.05. The summed E-state index contributed by atoms with van der Waals surface area (Å²) in [5.41, 5.74) is 2.84. The fraction of sp³-hybridized carbons (Fsp3) is 0.412. The van der Waals surface area contributed by atoms with Gasteiger partial charge in [0, 0.05) is 60.4 Å². The molecule has 1 saturated carbocycles. The number of pyridine rings is 1. The summed E-state index contributed by atoms with van der Waals surface area (Å²) in [4.78, 5) is 31.2. The van der Waals surface area contributed by atoms with Crippen molar-refractivity contribution >= 4 is 17.2 Å². The van der Waals surface area contributed by atoms with E-state index in [0.29, 0.717) is 35.0 Å². The molecular weight excluding hydrogens is 558 g/mol. The second kappa shape index (κ2) is 13.2. The number of hydrogen-bond donors (Lipinski definition) is 2. The molecular formula is C34H39N5O3S. The van der Waals surface area contributed by atoms with Gasteiger partial charge in [-0.3, -0.25) is 9.59 Å². The first-order valence-electron chi connectivity index (χ1n) is 15.4.